The van der Waals surface area contributed by atoms with E-state index in [2.05, 4.69) is 200 Å². The van der Waals surface area contributed by atoms with Crippen LogP contribution in [0.2, 0.25) is 0 Å². The third-order valence-corrected chi connectivity index (χ3v) is 11.6. The van der Waals surface area contributed by atoms with Crippen molar-refractivity contribution in [3.8, 4) is 44.9 Å². The van der Waals surface area contributed by atoms with E-state index in [0.717, 1.165) is 33.9 Å². The average Bonchev–Trinajstić information content (AvgIpc) is 3.71. The SMILES string of the molecule is c1ccc(-c2nc(-c3cccc4ccccc34)c3c(n2)C2(c4ccccc4-c4ccc(C(c5ccccc5)c5ccccc5)cc42)c2ccccc2-3)cc1. The van der Waals surface area contributed by atoms with Crippen molar-refractivity contribution in [2.45, 2.75) is 11.3 Å². The lowest BCUT2D eigenvalue weighted by Gasteiger charge is -2.30. The second-order valence-corrected chi connectivity index (χ2v) is 14.4. The predicted octanol–water partition coefficient (Wildman–Crippen LogP) is 12.5. The number of nitrogens with zero attached hydrogens (tertiary/aromatic N) is 2. The second kappa shape index (κ2) is 12.1. The molecule has 252 valence electrons. The first-order chi connectivity index (χ1) is 26.8. The Balaban J connectivity index is 1.27. The minimum Gasteiger partial charge on any atom is -0.231 e. The minimum absolute atomic E-state index is 0.0612. The average molecular weight is 687 g/mol. The molecule has 0 fully saturated rings. The van der Waals surface area contributed by atoms with Crippen molar-refractivity contribution < 1.29 is 0 Å². The molecule has 1 aromatic heterocycles. The van der Waals surface area contributed by atoms with Crippen molar-refractivity contribution in [1.29, 1.82) is 0 Å². The molecule has 0 aliphatic heterocycles. The quantitative estimate of drug-likeness (QED) is 0.168. The molecule has 1 spiro atoms. The third-order valence-electron chi connectivity index (χ3n) is 11.6. The Hall–Kier alpha value is -6.90. The van der Waals surface area contributed by atoms with Crippen LogP contribution in [0.25, 0.3) is 55.7 Å². The number of hydrogen-bond donors (Lipinski definition) is 0. The van der Waals surface area contributed by atoms with E-state index in [4.69, 9.17) is 9.97 Å². The van der Waals surface area contributed by atoms with Gasteiger partial charge in [-0.15, -0.1) is 0 Å². The van der Waals surface area contributed by atoms with Crippen molar-refractivity contribution >= 4 is 10.8 Å². The summed E-state index contributed by atoms with van der Waals surface area (Å²) in [6.07, 6.45) is 0. The highest BCUT2D eigenvalue weighted by Gasteiger charge is 2.54. The summed E-state index contributed by atoms with van der Waals surface area (Å²) in [6, 6.07) is 72.7. The lowest BCUT2D eigenvalue weighted by molar-refractivity contribution is 0.755. The van der Waals surface area contributed by atoms with Crippen molar-refractivity contribution in [3.63, 3.8) is 0 Å². The zero-order valence-corrected chi connectivity index (χ0v) is 29.5. The number of rotatable bonds is 5. The molecule has 1 atom stereocenters. The van der Waals surface area contributed by atoms with Crippen LogP contribution < -0.4 is 0 Å². The van der Waals surface area contributed by atoms with Crippen LogP contribution in [0, 0.1) is 0 Å². The molecule has 0 saturated heterocycles. The lowest BCUT2D eigenvalue weighted by Crippen LogP contribution is -2.27. The maximum absolute atomic E-state index is 5.72. The van der Waals surface area contributed by atoms with Crippen LogP contribution >= 0.6 is 0 Å². The lowest BCUT2D eigenvalue weighted by atomic mass is 9.71. The summed E-state index contributed by atoms with van der Waals surface area (Å²) in [5.74, 6) is 0.795. The van der Waals surface area contributed by atoms with Gasteiger partial charge in [0.15, 0.2) is 5.82 Å². The Morgan fingerprint density at radius 1 is 0.389 bits per heavy atom. The van der Waals surface area contributed by atoms with Gasteiger partial charge in [-0.3, -0.25) is 0 Å². The van der Waals surface area contributed by atoms with Gasteiger partial charge in [0.05, 0.1) is 16.8 Å². The number of fused-ring (bicyclic) bond motifs is 11. The Labute approximate surface area is 315 Å². The molecule has 54 heavy (non-hydrogen) atoms. The zero-order chi connectivity index (χ0) is 35.6. The van der Waals surface area contributed by atoms with E-state index >= 15 is 0 Å². The fraction of sp³-hybridized carbons (Fsp3) is 0.0385. The van der Waals surface area contributed by atoms with Crippen LogP contribution in [-0.2, 0) is 5.41 Å². The van der Waals surface area contributed by atoms with E-state index < -0.39 is 5.41 Å². The molecule has 0 radical (unpaired) electrons. The number of aromatic nitrogens is 2. The van der Waals surface area contributed by atoms with E-state index in [1.54, 1.807) is 0 Å². The summed E-state index contributed by atoms with van der Waals surface area (Å²) in [5.41, 5.74) is 15.9. The summed E-state index contributed by atoms with van der Waals surface area (Å²) < 4.78 is 0. The van der Waals surface area contributed by atoms with Crippen LogP contribution in [-0.4, -0.2) is 9.97 Å². The fourth-order valence-corrected chi connectivity index (χ4v) is 9.38. The summed E-state index contributed by atoms with van der Waals surface area (Å²) in [4.78, 5) is 11.2. The first kappa shape index (κ1) is 30.7. The molecule has 2 aliphatic rings. The van der Waals surface area contributed by atoms with Crippen LogP contribution in [0.5, 0.6) is 0 Å². The first-order valence-corrected chi connectivity index (χ1v) is 18.7. The number of benzene rings is 8. The van der Waals surface area contributed by atoms with Crippen molar-refractivity contribution in [2.75, 3.05) is 0 Å². The predicted molar refractivity (Wildman–Crippen MR) is 221 cm³/mol. The Morgan fingerprint density at radius 3 is 1.69 bits per heavy atom. The molecular formula is C52H34N2. The number of hydrogen-bond acceptors (Lipinski definition) is 2. The monoisotopic (exact) mass is 686 g/mol. The molecule has 0 saturated carbocycles. The van der Waals surface area contributed by atoms with Gasteiger partial charge in [-0.2, -0.15) is 0 Å². The molecule has 0 amide bonds. The van der Waals surface area contributed by atoms with Gasteiger partial charge in [-0.1, -0.05) is 200 Å². The molecule has 2 heteroatoms. The van der Waals surface area contributed by atoms with E-state index in [1.807, 2.05) is 0 Å². The summed E-state index contributed by atoms with van der Waals surface area (Å²) in [7, 11) is 0. The summed E-state index contributed by atoms with van der Waals surface area (Å²) >= 11 is 0. The smallest absolute Gasteiger partial charge is 0.160 e. The zero-order valence-electron chi connectivity index (χ0n) is 29.5. The maximum atomic E-state index is 5.72. The highest BCUT2D eigenvalue weighted by atomic mass is 14.9. The molecule has 2 nitrogen and oxygen atoms in total. The molecule has 9 aromatic rings. The van der Waals surface area contributed by atoms with Gasteiger partial charge < -0.3 is 0 Å². The van der Waals surface area contributed by atoms with E-state index in [1.165, 1.54) is 60.8 Å². The van der Waals surface area contributed by atoms with E-state index in [-0.39, 0.29) is 5.92 Å². The topological polar surface area (TPSA) is 25.8 Å². The van der Waals surface area contributed by atoms with Gasteiger partial charge in [0.25, 0.3) is 0 Å². The van der Waals surface area contributed by atoms with E-state index in [9.17, 15) is 0 Å². The molecule has 1 heterocycles. The van der Waals surface area contributed by atoms with E-state index in [0.29, 0.717) is 0 Å². The van der Waals surface area contributed by atoms with Gasteiger partial charge in [-0.25, -0.2) is 9.97 Å². The molecule has 0 bridgehead atoms. The van der Waals surface area contributed by atoms with Crippen molar-refractivity contribution in [1.82, 2.24) is 9.97 Å². The summed E-state index contributed by atoms with van der Waals surface area (Å²) in [5, 5.41) is 2.38. The van der Waals surface area contributed by atoms with Gasteiger partial charge in [0.1, 0.15) is 0 Å². The Kier molecular flexibility index (Phi) is 6.87. The normalized spacial score (nSPS) is 14.9. The molecule has 0 N–H and O–H groups in total. The minimum atomic E-state index is -0.655. The van der Waals surface area contributed by atoms with Crippen LogP contribution in [0.15, 0.2) is 200 Å². The fourth-order valence-electron chi connectivity index (χ4n) is 9.38. The third kappa shape index (κ3) is 4.41. The van der Waals surface area contributed by atoms with Gasteiger partial charge in [0, 0.05) is 22.6 Å². The van der Waals surface area contributed by atoms with Gasteiger partial charge in [-0.05, 0) is 60.8 Å². The molecule has 11 rings (SSSR count). The molecule has 8 aromatic carbocycles. The van der Waals surface area contributed by atoms with Gasteiger partial charge in [0.2, 0.25) is 0 Å². The van der Waals surface area contributed by atoms with Gasteiger partial charge >= 0.3 is 0 Å². The van der Waals surface area contributed by atoms with Crippen LogP contribution in [0.4, 0.5) is 0 Å². The first-order valence-electron chi connectivity index (χ1n) is 18.7. The highest BCUT2D eigenvalue weighted by molar-refractivity contribution is 6.04. The standard InChI is InChI=1S/C52H34N2/c1-4-18-35(19-5-1)47(36-20-6-2-7-21-36)38-31-32-41-40-26-12-14-29-44(40)52(46(41)33-38)45-30-15-13-27-43(45)48-49(42-28-16-24-34-17-10-11-25-39(34)42)53-51(54-50(48)52)37-22-8-3-9-23-37/h1-33,47H. The Bertz CT molecular complexity index is 2830. The largest absolute Gasteiger partial charge is 0.231 e. The van der Waals surface area contributed by atoms with Crippen molar-refractivity contribution in [2.24, 2.45) is 0 Å². The van der Waals surface area contributed by atoms with Crippen molar-refractivity contribution in [3.05, 3.63) is 239 Å². The second-order valence-electron chi connectivity index (χ2n) is 14.4. The summed E-state index contributed by atoms with van der Waals surface area (Å²) in [6.45, 7) is 0. The molecular weight excluding hydrogens is 653 g/mol. The highest BCUT2D eigenvalue weighted by Crippen LogP contribution is 2.64. The Morgan fingerprint density at radius 2 is 0.944 bits per heavy atom. The van der Waals surface area contributed by atoms with Crippen LogP contribution in [0.3, 0.4) is 0 Å². The molecule has 2 aliphatic carbocycles. The van der Waals surface area contributed by atoms with Crippen LogP contribution in [0.1, 0.15) is 45.0 Å². The maximum Gasteiger partial charge on any atom is 0.160 e. The molecule has 1 unspecified atom stereocenters.